The van der Waals surface area contributed by atoms with Crippen LogP contribution in [0.4, 0.5) is 0 Å². The van der Waals surface area contributed by atoms with Crippen molar-refractivity contribution in [2.24, 2.45) is 0 Å². The molecule has 2 fully saturated rings. The predicted molar refractivity (Wildman–Crippen MR) is 51.7 cm³/mol. The maximum absolute atomic E-state index is 3.52. The van der Waals surface area contributed by atoms with E-state index in [-0.39, 0.29) is 24.8 Å². The van der Waals surface area contributed by atoms with Gasteiger partial charge in [-0.25, -0.2) is 0 Å². The highest BCUT2D eigenvalue weighted by molar-refractivity contribution is 5.85. The van der Waals surface area contributed by atoms with E-state index < -0.39 is 0 Å². The largest absolute Gasteiger partial charge is 0.299 e. The van der Waals surface area contributed by atoms with Crippen molar-refractivity contribution in [3.05, 3.63) is 0 Å². The number of rotatable bonds is 0. The Morgan fingerprint density at radius 2 is 1.27 bits per heavy atom. The van der Waals surface area contributed by atoms with Crippen LogP contribution >= 0.6 is 24.8 Å². The third-order valence-electron chi connectivity index (χ3n) is 2.49. The second-order valence-electron chi connectivity index (χ2n) is 3.14. The molecule has 0 aromatic carbocycles. The van der Waals surface area contributed by atoms with Gasteiger partial charge in [-0.1, -0.05) is 0 Å². The number of halogens is 2. The van der Waals surface area contributed by atoms with Gasteiger partial charge >= 0.3 is 0 Å². The lowest BCUT2D eigenvalue weighted by atomic mass is 10.1. The monoisotopic (exact) mass is 198 g/mol. The van der Waals surface area contributed by atoms with Crippen molar-refractivity contribution in [3.8, 4) is 0 Å². The molecule has 4 heteroatoms. The van der Waals surface area contributed by atoms with E-state index in [1.54, 1.807) is 0 Å². The average molecular weight is 199 g/mol. The summed E-state index contributed by atoms with van der Waals surface area (Å²) in [4.78, 5) is 0. The molecule has 1 spiro atoms. The van der Waals surface area contributed by atoms with E-state index >= 15 is 0 Å². The van der Waals surface area contributed by atoms with Crippen molar-refractivity contribution in [1.29, 1.82) is 0 Å². The third kappa shape index (κ3) is 2.22. The molecule has 0 aromatic rings. The van der Waals surface area contributed by atoms with Crippen LogP contribution in [0.5, 0.6) is 0 Å². The maximum Gasteiger partial charge on any atom is 0.0688 e. The van der Waals surface area contributed by atoms with Crippen LogP contribution in [0.25, 0.3) is 0 Å². The summed E-state index contributed by atoms with van der Waals surface area (Å²) in [7, 11) is 0. The van der Waals surface area contributed by atoms with E-state index in [0.717, 1.165) is 0 Å². The Labute approximate surface area is 80.3 Å². The van der Waals surface area contributed by atoms with E-state index in [4.69, 9.17) is 0 Å². The second-order valence-corrected chi connectivity index (χ2v) is 3.14. The Balaban J connectivity index is 0.000000500. The van der Waals surface area contributed by atoms with Crippen LogP contribution in [0.1, 0.15) is 25.7 Å². The van der Waals surface area contributed by atoms with Crippen molar-refractivity contribution in [3.63, 3.8) is 0 Å². The predicted octanol–water partition coefficient (Wildman–Crippen LogP) is 1.29. The fourth-order valence-corrected chi connectivity index (χ4v) is 1.98. The SMILES string of the molecule is C1CNC2(C1)CCCN2.Cl.Cl. The Morgan fingerprint density at radius 3 is 1.55 bits per heavy atom. The standard InChI is InChI=1S/C7H14N2.2ClH/c1-3-7(8-5-1)4-2-6-9-7;;/h8-9H,1-6H2;2*1H. The average Bonchev–Trinajstić information content (AvgIpc) is 2.45. The van der Waals surface area contributed by atoms with E-state index in [0.29, 0.717) is 5.66 Å². The normalized spacial score (nSPS) is 26.2. The van der Waals surface area contributed by atoms with Crippen LogP contribution in [0.2, 0.25) is 0 Å². The van der Waals surface area contributed by atoms with Gasteiger partial charge < -0.3 is 0 Å². The molecule has 0 aliphatic carbocycles. The summed E-state index contributed by atoms with van der Waals surface area (Å²) < 4.78 is 0. The fourth-order valence-electron chi connectivity index (χ4n) is 1.98. The molecule has 2 heterocycles. The van der Waals surface area contributed by atoms with Gasteiger partial charge in [-0.2, -0.15) is 0 Å². The molecule has 0 amide bonds. The smallest absolute Gasteiger partial charge is 0.0688 e. The van der Waals surface area contributed by atoms with Crippen LogP contribution in [-0.2, 0) is 0 Å². The quantitative estimate of drug-likeness (QED) is 0.614. The molecule has 2 rings (SSSR count). The topological polar surface area (TPSA) is 24.1 Å². The third-order valence-corrected chi connectivity index (χ3v) is 2.49. The van der Waals surface area contributed by atoms with Crippen molar-refractivity contribution < 1.29 is 0 Å². The molecule has 2 aliphatic rings. The first-order valence-electron chi connectivity index (χ1n) is 3.91. The molecule has 0 bridgehead atoms. The molecule has 11 heavy (non-hydrogen) atoms. The van der Waals surface area contributed by atoms with Crippen molar-refractivity contribution in [2.75, 3.05) is 13.1 Å². The minimum Gasteiger partial charge on any atom is -0.299 e. The van der Waals surface area contributed by atoms with Gasteiger partial charge in [-0.05, 0) is 38.8 Å². The highest BCUT2D eigenvalue weighted by Gasteiger charge is 2.35. The summed E-state index contributed by atoms with van der Waals surface area (Å²) in [5.74, 6) is 0. The van der Waals surface area contributed by atoms with Gasteiger partial charge in [0.1, 0.15) is 0 Å². The van der Waals surface area contributed by atoms with Gasteiger partial charge in [0.05, 0.1) is 5.66 Å². The van der Waals surface area contributed by atoms with Crippen molar-refractivity contribution in [1.82, 2.24) is 10.6 Å². The molecule has 0 radical (unpaired) electrons. The van der Waals surface area contributed by atoms with Crippen molar-refractivity contribution >= 4 is 24.8 Å². The lowest BCUT2D eigenvalue weighted by Crippen LogP contribution is -2.48. The minimum atomic E-state index is 0. The van der Waals surface area contributed by atoms with Gasteiger partial charge in [0.2, 0.25) is 0 Å². The molecule has 2 aliphatic heterocycles. The maximum atomic E-state index is 3.52. The summed E-state index contributed by atoms with van der Waals surface area (Å²) >= 11 is 0. The molecule has 2 N–H and O–H groups in total. The van der Waals surface area contributed by atoms with Gasteiger partial charge in [0, 0.05) is 0 Å². The second kappa shape index (κ2) is 4.51. The molecule has 2 nitrogen and oxygen atoms in total. The Kier molecular flexibility index (Phi) is 4.71. The summed E-state index contributed by atoms with van der Waals surface area (Å²) in [6, 6.07) is 0. The van der Waals surface area contributed by atoms with E-state index in [1.807, 2.05) is 0 Å². The molecule has 0 atom stereocenters. The summed E-state index contributed by atoms with van der Waals surface area (Å²) in [5, 5.41) is 7.04. The van der Waals surface area contributed by atoms with E-state index in [2.05, 4.69) is 10.6 Å². The molecular formula is C7H16Cl2N2. The first-order valence-corrected chi connectivity index (χ1v) is 3.91. The summed E-state index contributed by atoms with van der Waals surface area (Å²) in [6.07, 6.45) is 5.39. The molecule has 0 saturated carbocycles. The Morgan fingerprint density at radius 1 is 0.818 bits per heavy atom. The fraction of sp³-hybridized carbons (Fsp3) is 1.00. The van der Waals surface area contributed by atoms with E-state index in [9.17, 15) is 0 Å². The van der Waals surface area contributed by atoms with Gasteiger partial charge in [-0.15, -0.1) is 24.8 Å². The zero-order valence-electron chi connectivity index (χ0n) is 6.56. The van der Waals surface area contributed by atoms with Crippen LogP contribution < -0.4 is 10.6 Å². The number of hydrogen-bond acceptors (Lipinski definition) is 2. The Hall–Kier alpha value is 0.500. The van der Waals surface area contributed by atoms with Crippen LogP contribution in [-0.4, -0.2) is 18.8 Å². The van der Waals surface area contributed by atoms with Crippen LogP contribution in [0.3, 0.4) is 0 Å². The molecule has 0 aromatic heterocycles. The van der Waals surface area contributed by atoms with Gasteiger partial charge in [-0.3, -0.25) is 10.6 Å². The highest BCUT2D eigenvalue weighted by Crippen LogP contribution is 2.25. The van der Waals surface area contributed by atoms with Crippen LogP contribution in [0.15, 0.2) is 0 Å². The highest BCUT2D eigenvalue weighted by atomic mass is 35.5. The summed E-state index contributed by atoms with van der Waals surface area (Å²) in [5.41, 5.74) is 0.389. The first kappa shape index (κ1) is 11.5. The molecule has 2 saturated heterocycles. The van der Waals surface area contributed by atoms with E-state index in [1.165, 1.54) is 38.8 Å². The Bertz CT molecular complexity index is 89.5. The first-order chi connectivity index (χ1) is 4.41. The number of nitrogens with one attached hydrogen (secondary N) is 2. The lowest BCUT2D eigenvalue weighted by molar-refractivity contribution is 0.344. The lowest BCUT2D eigenvalue weighted by Gasteiger charge is -2.23. The van der Waals surface area contributed by atoms with Crippen molar-refractivity contribution in [2.45, 2.75) is 31.3 Å². The summed E-state index contributed by atoms with van der Waals surface area (Å²) in [6.45, 7) is 2.43. The van der Waals surface area contributed by atoms with Crippen LogP contribution in [0, 0.1) is 0 Å². The molecule has 68 valence electrons. The zero-order valence-corrected chi connectivity index (χ0v) is 8.19. The minimum absolute atomic E-state index is 0. The van der Waals surface area contributed by atoms with Gasteiger partial charge in [0.25, 0.3) is 0 Å². The molecule has 0 unspecified atom stereocenters. The number of hydrogen-bond donors (Lipinski definition) is 2. The molecular weight excluding hydrogens is 183 g/mol. The van der Waals surface area contributed by atoms with Gasteiger partial charge in [0.15, 0.2) is 0 Å². The zero-order chi connectivity index (χ0) is 6.16.